The van der Waals surface area contributed by atoms with Crippen molar-refractivity contribution >= 4 is 11.9 Å². The molecule has 4 N–H and O–H groups in total. The molecule has 1 aliphatic heterocycles. The van der Waals surface area contributed by atoms with Crippen molar-refractivity contribution < 1.29 is 9.90 Å². The predicted octanol–water partition coefficient (Wildman–Crippen LogP) is 1.44. The van der Waals surface area contributed by atoms with Crippen LogP contribution in [0.3, 0.4) is 0 Å². The highest BCUT2D eigenvalue weighted by atomic mass is 16.3. The lowest BCUT2D eigenvalue weighted by atomic mass is 10.1. The molecule has 0 bridgehead atoms. The summed E-state index contributed by atoms with van der Waals surface area (Å²) in [7, 11) is 0. The number of rotatable bonds is 8. The summed E-state index contributed by atoms with van der Waals surface area (Å²) in [4.78, 5) is 18.7. The summed E-state index contributed by atoms with van der Waals surface area (Å²) < 4.78 is 0. The van der Waals surface area contributed by atoms with E-state index in [2.05, 4.69) is 39.7 Å². The Morgan fingerprint density at radius 2 is 1.89 bits per heavy atom. The number of carbonyl (C=O) groups excluding carboxylic acids is 1. The Morgan fingerprint density at radius 1 is 1.19 bits per heavy atom. The van der Waals surface area contributed by atoms with Crippen LogP contribution in [0.15, 0.2) is 29.3 Å². The Kier molecular flexibility index (Phi) is 8.91. The summed E-state index contributed by atoms with van der Waals surface area (Å²) in [6.45, 7) is 8.53. The van der Waals surface area contributed by atoms with Gasteiger partial charge in [-0.25, -0.2) is 4.99 Å². The van der Waals surface area contributed by atoms with Gasteiger partial charge >= 0.3 is 0 Å². The molecule has 0 radical (unpaired) electrons. The van der Waals surface area contributed by atoms with E-state index in [0.29, 0.717) is 19.1 Å². The molecule has 1 aromatic rings. The maximum Gasteiger partial charge on any atom is 0.234 e. The number of nitrogens with zero attached hydrogens (tertiary/aromatic N) is 2. The number of guanidine groups is 1. The van der Waals surface area contributed by atoms with Crippen LogP contribution in [0.2, 0.25) is 0 Å². The molecular weight excluding hydrogens is 342 g/mol. The summed E-state index contributed by atoms with van der Waals surface area (Å²) in [6, 6.07) is 7.47. The number of carbonyl (C=O) groups is 1. The number of amides is 1. The van der Waals surface area contributed by atoms with Crippen molar-refractivity contribution in [1.29, 1.82) is 0 Å². The molecule has 150 valence electrons. The normalized spacial score (nSPS) is 16.1. The van der Waals surface area contributed by atoms with E-state index in [0.717, 1.165) is 57.0 Å². The zero-order valence-electron chi connectivity index (χ0n) is 16.5. The van der Waals surface area contributed by atoms with Crippen LogP contribution in [0.4, 0.5) is 0 Å². The summed E-state index contributed by atoms with van der Waals surface area (Å²) in [6.07, 6.45) is 2.95. The standard InChI is InChI=1S/C20H33N5O2/c1-3-11-22-19(27)15-25-12-9-17(10-13-25)24-20(21-4-2)23-14-16-5-7-18(26)8-6-16/h5-8,17,26H,3-4,9-15H2,1-2H3,(H,22,27)(H2,21,23,24). The van der Waals surface area contributed by atoms with Gasteiger partial charge in [0.2, 0.25) is 5.91 Å². The second kappa shape index (κ2) is 11.4. The first-order valence-corrected chi connectivity index (χ1v) is 9.92. The number of hydrogen-bond donors (Lipinski definition) is 4. The molecule has 1 heterocycles. The number of nitrogens with one attached hydrogen (secondary N) is 3. The van der Waals surface area contributed by atoms with Crippen LogP contribution >= 0.6 is 0 Å². The maximum atomic E-state index is 11.8. The Morgan fingerprint density at radius 3 is 2.52 bits per heavy atom. The number of piperidine rings is 1. The van der Waals surface area contributed by atoms with Gasteiger partial charge in [0.1, 0.15) is 5.75 Å². The maximum absolute atomic E-state index is 11.8. The SMILES string of the molecule is CCCNC(=O)CN1CCC(NC(=NCc2ccc(O)cc2)NCC)CC1. The fraction of sp³-hybridized carbons (Fsp3) is 0.600. The number of benzene rings is 1. The van der Waals surface area contributed by atoms with Gasteiger partial charge < -0.3 is 21.1 Å². The van der Waals surface area contributed by atoms with Crippen LogP contribution in [0.25, 0.3) is 0 Å². The quantitative estimate of drug-likeness (QED) is 0.408. The summed E-state index contributed by atoms with van der Waals surface area (Å²) in [5.74, 6) is 1.19. The minimum absolute atomic E-state index is 0.118. The van der Waals surface area contributed by atoms with Crippen LogP contribution in [-0.4, -0.2) is 60.6 Å². The van der Waals surface area contributed by atoms with Crippen molar-refractivity contribution in [2.75, 3.05) is 32.7 Å². The minimum Gasteiger partial charge on any atom is -0.508 e. The monoisotopic (exact) mass is 375 g/mol. The van der Waals surface area contributed by atoms with Gasteiger partial charge in [-0.3, -0.25) is 9.69 Å². The van der Waals surface area contributed by atoms with Gasteiger partial charge in [-0.2, -0.15) is 0 Å². The van der Waals surface area contributed by atoms with E-state index in [1.165, 1.54) is 0 Å². The molecule has 1 fully saturated rings. The topological polar surface area (TPSA) is 89.0 Å². The van der Waals surface area contributed by atoms with E-state index in [1.807, 2.05) is 12.1 Å². The van der Waals surface area contributed by atoms with E-state index in [-0.39, 0.29) is 11.7 Å². The van der Waals surface area contributed by atoms with Crippen LogP contribution in [0.5, 0.6) is 5.75 Å². The minimum atomic E-state index is 0.118. The third-order valence-electron chi connectivity index (χ3n) is 4.57. The molecule has 1 aliphatic rings. The molecule has 0 atom stereocenters. The van der Waals surface area contributed by atoms with Crippen LogP contribution < -0.4 is 16.0 Å². The molecule has 0 aromatic heterocycles. The predicted molar refractivity (Wildman–Crippen MR) is 109 cm³/mol. The third-order valence-corrected chi connectivity index (χ3v) is 4.57. The highest BCUT2D eigenvalue weighted by molar-refractivity contribution is 5.80. The molecule has 0 aliphatic carbocycles. The second-order valence-corrected chi connectivity index (χ2v) is 6.91. The lowest BCUT2D eigenvalue weighted by Crippen LogP contribution is -2.50. The first-order chi connectivity index (χ1) is 13.1. The fourth-order valence-electron chi connectivity index (χ4n) is 3.04. The van der Waals surface area contributed by atoms with Gasteiger partial charge in [-0.1, -0.05) is 19.1 Å². The zero-order valence-corrected chi connectivity index (χ0v) is 16.5. The number of likely N-dealkylation sites (tertiary alicyclic amines) is 1. The average Bonchev–Trinajstić information content (AvgIpc) is 2.67. The highest BCUT2D eigenvalue weighted by Crippen LogP contribution is 2.11. The average molecular weight is 376 g/mol. The van der Waals surface area contributed by atoms with Gasteiger partial charge in [0.15, 0.2) is 5.96 Å². The first-order valence-electron chi connectivity index (χ1n) is 9.92. The largest absolute Gasteiger partial charge is 0.508 e. The van der Waals surface area contributed by atoms with Crippen molar-refractivity contribution in [3.8, 4) is 5.75 Å². The fourth-order valence-corrected chi connectivity index (χ4v) is 3.04. The molecule has 7 nitrogen and oxygen atoms in total. The molecule has 0 spiro atoms. The van der Waals surface area contributed by atoms with Gasteiger partial charge in [-0.05, 0) is 43.9 Å². The number of phenolic OH excluding ortho intramolecular Hbond substituents is 1. The lowest BCUT2D eigenvalue weighted by molar-refractivity contribution is -0.122. The summed E-state index contributed by atoms with van der Waals surface area (Å²) in [5.41, 5.74) is 1.05. The molecule has 1 aromatic carbocycles. The van der Waals surface area contributed by atoms with Gasteiger partial charge in [0, 0.05) is 32.2 Å². The third kappa shape index (κ3) is 7.86. The van der Waals surface area contributed by atoms with Gasteiger partial charge in [0.05, 0.1) is 13.1 Å². The number of phenols is 1. The van der Waals surface area contributed by atoms with Crippen molar-refractivity contribution in [2.24, 2.45) is 4.99 Å². The molecule has 2 rings (SSSR count). The molecule has 0 unspecified atom stereocenters. The van der Waals surface area contributed by atoms with E-state index in [9.17, 15) is 9.90 Å². The van der Waals surface area contributed by atoms with Crippen LogP contribution in [0, 0.1) is 0 Å². The Hall–Kier alpha value is -2.28. The Bertz CT molecular complexity index is 595. The smallest absolute Gasteiger partial charge is 0.234 e. The second-order valence-electron chi connectivity index (χ2n) is 6.91. The molecule has 0 saturated carbocycles. The van der Waals surface area contributed by atoms with E-state index >= 15 is 0 Å². The summed E-state index contributed by atoms with van der Waals surface area (Å²) in [5, 5.41) is 19.1. The molecule has 7 heteroatoms. The Labute approximate surface area is 162 Å². The Balaban J connectivity index is 1.78. The highest BCUT2D eigenvalue weighted by Gasteiger charge is 2.21. The van der Waals surface area contributed by atoms with Crippen molar-refractivity contribution in [1.82, 2.24) is 20.9 Å². The number of aliphatic imine (C=N–C) groups is 1. The van der Waals surface area contributed by atoms with Gasteiger partial charge in [-0.15, -0.1) is 0 Å². The van der Waals surface area contributed by atoms with Crippen molar-refractivity contribution in [3.63, 3.8) is 0 Å². The number of hydrogen-bond acceptors (Lipinski definition) is 4. The zero-order chi connectivity index (χ0) is 19.5. The van der Waals surface area contributed by atoms with E-state index in [4.69, 9.17) is 0 Å². The molecule has 27 heavy (non-hydrogen) atoms. The summed E-state index contributed by atoms with van der Waals surface area (Å²) >= 11 is 0. The van der Waals surface area contributed by atoms with Crippen LogP contribution in [0.1, 0.15) is 38.7 Å². The lowest BCUT2D eigenvalue weighted by Gasteiger charge is -2.32. The van der Waals surface area contributed by atoms with Crippen molar-refractivity contribution in [3.05, 3.63) is 29.8 Å². The number of aromatic hydroxyl groups is 1. The first kappa shape index (κ1) is 21.0. The van der Waals surface area contributed by atoms with E-state index in [1.54, 1.807) is 12.1 Å². The molecular formula is C20H33N5O2. The van der Waals surface area contributed by atoms with Crippen LogP contribution in [-0.2, 0) is 11.3 Å². The van der Waals surface area contributed by atoms with Gasteiger partial charge in [0.25, 0.3) is 0 Å². The molecule has 1 saturated heterocycles. The molecule has 1 amide bonds. The van der Waals surface area contributed by atoms with Crippen molar-refractivity contribution in [2.45, 2.75) is 45.7 Å². The van der Waals surface area contributed by atoms with E-state index < -0.39 is 0 Å².